The summed E-state index contributed by atoms with van der Waals surface area (Å²) in [6.45, 7) is 5.59. The van der Waals surface area contributed by atoms with Gasteiger partial charge in [-0.1, -0.05) is 101 Å². The van der Waals surface area contributed by atoms with E-state index in [1.807, 2.05) is 68.4 Å². The zero-order valence-electron chi connectivity index (χ0n) is 25.5. The lowest BCUT2D eigenvalue weighted by atomic mass is 10.0. The van der Waals surface area contributed by atoms with E-state index in [1.54, 1.807) is 37.3 Å². The van der Waals surface area contributed by atoms with Gasteiger partial charge in [0.05, 0.1) is 10.6 Å². The molecule has 0 spiro atoms. The van der Waals surface area contributed by atoms with Crippen molar-refractivity contribution in [1.82, 2.24) is 10.2 Å². The molecule has 0 bridgehead atoms. The summed E-state index contributed by atoms with van der Waals surface area (Å²) in [6.07, 6.45) is 0.973. The molecule has 4 aromatic rings. The van der Waals surface area contributed by atoms with E-state index < -0.39 is 28.5 Å². The molecule has 1 atom stereocenters. The monoisotopic (exact) mass is 709 g/mol. The van der Waals surface area contributed by atoms with E-state index in [9.17, 15) is 18.0 Å². The van der Waals surface area contributed by atoms with Crippen LogP contribution >= 0.6 is 27.5 Å². The number of nitrogens with zero attached hydrogens (tertiary/aromatic N) is 2. The third kappa shape index (κ3) is 8.96. The Morgan fingerprint density at radius 2 is 1.56 bits per heavy atom. The molecular formula is C35H37BrClN3O4S. The number of amides is 2. The van der Waals surface area contributed by atoms with Crippen LogP contribution < -0.4 is 9.62 Å². The molecule has 0 aromatic heterocycles. The highest BCUT2D eigenvalue weighted by Crippen LogP contribution is 2.30. The Balaban J connectivity index is 1.82. The van der Waals surface area contributed by atoms with Crippen molar-refractivity contribution >= 4 is 55.1 Å². The molecule has 4 rings (SSSR count). The van der Waals surface area contributed by atoms with Crippen LogP contribution in [0.5, 0.6) is 0 Å². The Kier molecular flexibility index (Phi) is 11.8. The molecule has 0 aliphatic carbocycles. The number of sulfonamides is 1. The molecule has 0 heterocycles. The van der Waals surface area contributed by atoms with E-state index >= 15 is 0 Å². The van der Waals surface area contributed by atoms with E-state index in [1.165, 1.54) is 17.0 Å². The molecule has 0 aliphatic rings. The van der Waals surface area contributed by atoms with Crippen LogP contribution in [0, 0.1) is 13.8 Å². The zero-order valence-corrected chi connectivity index (χ0v) is 28.7. The van der Waals surface area contributed by atoms with Crippen molar-refractivity contribution < 1.29 is 18.0 Å². The maximum atomic E-state index is 14.5. The van der Waals surface area contributed by atoms with Gasteiger partial charge in [-0.15, -0.1) is 0 Å². The predicted octanol–water partition coefficient (Wildman–Crippen LogP) is 7.08. The van der Waals surface area contributed by atoms with Crippen LogP contribution in [0.2, 0.25) is 5.02 Å². The maximum absolute atomic E-state index is 14.5. The molecular weight excluding hydrogens is 674 g/mol. The van der Waals surface area contributed by atoms with Crippen molar-refractivity contribution in [3.8, 4) is 0 Å². The number of hydrogen-bond donors (Lipinski definition) is 1. The second-order valence-electron chi connectivity index (χ2n) is 10.9. The lowest BCUT2D eigenvalue weighted by Gasteiger charge is -2.34. The Morgan fingerprint density at radius 1 is 0.889 bits per heavy atom. The Morgan fingerprint density at radius 3 is 2.20 bits per heavy atom. The maximum Gasteiger partial charge on any atom is 0.264 e. The number of halogens is 2. The summed E-state index contributed by atoms with van der Waals surface area (Å²) in [5.41, 5.74) is 3.48. The van der Waals surface area contributed by atoms with Crippen molar-refractivity contribution in [1.29, 1.82) is 0 Å². The number of hydrogen-bond acceptors (Lipinski definition) is 4. The molecule has 0 fully saturated rings. The lowest BCUT2D eigenvalue weighted by molar-refractivity contribution is -0.140. The number of anilines is 1. The molecule has 0 saturated carbocycles. The number of nitrogens with one attached hydrogen (secondary N) is 1. The third-order valence-corrected chi connectivity index (χ3v) is 9.95. The quantitative estimate of drug-likeness (QED) is 0.161. The topological polar surface area (TPSA) is 86.8 Å². The first-order valence-electron chi connectivity index (χ1n) is 14.7. The SMILES string of the molecule is CCCNC(=O)[C@@H](Cc1ccccc1)N(Cc1ccc(Br)cc1)C(=O)CN(c1cc(Cl)ccc1C)S(=O)(=O)c1ccc(C)cc1. The summed E-state index contributed by atoms with van der Waals surface area (Å²) >= 11 is 9.81. The first-order chi connectivity index (χ1) is 21.5. The fourth-order valence-electron chi connectivity index (χ4n) is 4.91. The molecule has 0 saturated heterocycles. The van der Waals surface area contributed by atoms with Crippen LogP contribution in [0.4, 0.5) is 5.69 Å². The highest BCUT2D eigenvalue weighted by molar-refractivity contribution is 9.10. The van der Waals surface area contributed by atoms with Crippen molar-refractivity contribution in [3.63, 3.8) is 0 Å². The van der Waals surface area contributed by atoms with Crippen molar-refractivity contribution in [2.24, 2.45) is 0 Å². The molecule has 2 amide bonds. The molecule has 45 heavy (non-hydrogen) atoms. The average molecular weight is 711 g/mol. The van der Waals surface area contributed by atoms with E-state index in [2.05, 4.69) is 21.2 Å². The molecule has 7 nitrogen and oxygen atoms in total. The molecule has 236 valence electrons. The van der Waals surface area contributed by atoms with Crippen molar-refractivity contribution in [2.45, 2.75) is 51.1 Å². The fraction of sp³-hybridized carbons (Fsp3) is 0.257. The van der Waals surface area contributed by atoms with Gasteiger partial charge < -0.3 is 10.2 Å². The first kappa shape index (κ1) is 34.2. The van der Waals surface area contributed by atoms with Gasteiger partial charge in [0, 0.05) is 29.0 Å². The minimum Gasteiger partial charge on any atom is -0.354 e. The van der Waals surface area contributed by atoms with Gasteiger partial charge in [0.15, 0.2) is 0 Å². The highest BCUT2D eigenvalue weighted by atomic mass is 79.9. The minimum absolute atomic E-state index is 0.0428. The van der Waals surface area contributed by atoms with Crippen LogP contribution in [-0.4, -0.2) is 44.3 Å². The van der Waals surface area contributed by atoms with E-state index in [0.29, 0.717) is 17.1 Å². The minimum atomic E-state index is -4.22. The number of carbonyl (C=O) groups is 2. The van der Waals surface area contributed by atoms with Gasteiger partial charge in [-0.05, 0) is 73.4 Å². The number of rotatable bonds is 13. The summed E-state index contributed by atoms with van der Waals surface area (Å²) in [7, 11) is -4.22. The molecule has 1 N–H and O–H groups in total. The van der Waals surface area contributed by atoms with Gasteiger partial charge in [-0.2, -0.15) is 0 Å². The van der Waals surface area contributed by atoms with Gasteiger partial charge in [0.25, 0.3) is 10.0 Å². The Hall–Kier alpha value is -3.66. The second-order valence-corrected chi connectivity index (χ2v) is 14.1. The number of benzene rings is 4. The highest BCUT2D eigenvalue weighted by Gasteiger charge is 2.35. The normalized spacial score (nSPS) is 11.9. The smallest absolute Gasteiger partial charge is 0.264 e. The van der Waals surface area contributed by atoms with Crippen LogP contribution in [0.15, 0.2) is 106 Å². The van der Waals surface area contributed by atoms with E-state index in [-0.39, 0.29) is 29.5 Å². The van der Waals surface area contributed by atoms with Gasteiger partial charge in [-0.3, -0.25) is 13.9 Å². The standard InChI is InChI=1S/C35H37BrClN3O4S/c1-4-20-38-35(42)33(21-27-8-6-5-7-9-27)39(23-28-13-15-29(36)16-14-28)34(41)24-40(32-22-30(37)17-12-26(32)3)45(43,44)31-18-10-25(2)11-19-31/h5-19,22,33H,4,20-21,23-24H2,1-3H3,(H,38,42)/t33-/m1/s1. The molecule has 0 radical (unpaired) electrons. The van der Waals surface area contributed by atoms with Crippen molar-refractivity contribution in [2.75, 3.05) is 17.4 Å². The summed E-state index contributed by atoms with van der Waals surface area (Å²) in [5.74, 6) is -0.835. The first-order valence-corrected chi connectivity index (χ1v) is 17.3. The summed E-state index contributed by atoms with van der Waals surface area (Å²) in [4.78, 5) is 29.8. The predicted molar refractivity (Wildman–Crippen MR) is 184 cm³/mol. The Bertz CT molecular complexity index is 1720. The zero-order chi connectivity index (χ0) is 32.6. The van der Waals surface area contributed by atoms with E-state index in [4.69, 9.17) is 11.6 Å². The third-order valence-electron chi connectivity index (χ3n) is 7.41. The van der Waals surface area contributed by atoms with Gasteiger partial charge in [0.2, 0.25) is 11.8 Å². The van der Waals surface area contributed by atoms with Crippen LogP contribution in [0.3, 0.4) is 0 Å². The Labute approximate surface area is 279 Å². The second kappa shape index (κ2) is 15.6. The molecule has 10 heteroatoms. The summed E-state index contributed by atoms with van der Waals surface area (Å²) < 4.78 is 30.4. The van der Waals surface area contributed by atoms with Gasteiger partial charge >= 0.3 is 0 Å². The van der Waals surface area contributed by atoms with Gasteiger partial charge in [0.1, 0.15) is 12.6 Å². The number of carbonyl (C=O) groups excluding carboxylic acids is 2. The van der Waals surface area contributed by atoms with Gasteiger partial charge in [-0.25, -0.2) is 8.42 Å². The molecule has 0 aliphatic heterocycles. The molecule has 0 unspecified atom stereocenters. The van der Waals surface area contributed by atoms with Crippen LogP contribution in [0.1, 0.15) is 35.6 Å². The lowest BCUT2D eigenvalue weighted by Crippen LogP contribution is -2.53. The number of aryl methyl sites for hydroxylation is 2. The fourth-order valence-corrected chi connectivity index (χ4v) is 6.81. The average Bonchev–Trinajstić information content (AvgIpc) is 3.03. The summed E-state index contributed by atoms with van der Waals surface area (Å²) in [6, 6.07) is 27.5. The van der Waals surface area contributed by atoms with E-state index in [0.717, 1.165) is 31.9 Å². The largest absolute Gasteiger partial charge is 0.354 e. The van der Waals surface area contributed by atoms with Crippen LogP contribution in [-0.2, 0) is 32.6 Å². The van der Waals surface area contributed by atoms with Crippen LogP contribution in [0.25, 0.3) is 0 Å². The summed E-state index contributed by atoms with van der Waals surface area (Å²) in [5, 5.41) is 3.29. The van der Waals surface area contributed by atoms with Crippen molar-refractivity contribution in [3.05, 3.63) is 129 Å². The molecule has 4 aromatic carbocycles.